The van der Waals surface area contributed by atoms with Gasteiger partial charge in [-0.3, -0.25) is 0 Å². The minimum absolute atomic E-state index is 0.0205. The third-order valence-electron chi connectivity index (χ3n) is 5.55. The molecule has 1 aliphatic rings. The predicted molar refractivity (Wildman–Crippen MR) is 116 cm³/mol. The first kappa shape index (κ1) is 24.6. The fourth-order valence-corrected chi connectivity index (χ4v) is 4.97. The number of likely N-dealkylation sites (N-methyl/N-ethyl adjacent to an activating group) is 1. The number of nitrogens with zero attached hydrogens (tertiary/aromatic N) is 3. The average molecular weight is 505 g/mol. The van der Waals surface area contributed by atoms with E-state index in [0.717, 1.165) is 22.3 Å². The number of halogens is 6. The van der Waals surface area contributed by atoms with Crippen molar-refractivity contribution in [2.45, 2.75) is 17.5 Å². The number of ether oxygens (including phenoxy) is 1. The Bertz CT molecular complexity index is 1160. The molecule has 0 radical (unpaired) electrons. The molecule has 0 bridgehead atoms. The van der Waals surface area contributed by atoms with E-state index in [4.69, 9.17) is 4.74 Å². The van der Waals surface area contributed by atoms with E-state index in [-0.39, 0.29) is 21.5 Å². The van der Waals surface area contributed by atoms with Crippen LogP contribution in [-0.2, 0) is 11.4 Å². The molecule has 1 atom stereocenters. The van der Waals surface area contributed by atoms with Crippen LogP contribution in [0.5, 0.6) is 5.75 Å². The molecule has 0 saturated carbocycles. The van der Waals surface area contributed by atoms with Crippen LogP contribution in [0, 0.1) is 5.82 Å². The Kier molecular flexibility index (Phi) is 6.92. The first-order chi connectivity index (χ1) is 16.0. The Morgan fingerprint density at radius 3 is 2.41 bits per heavy atom. The van der Waals surface area contributed by atoms with Crippen molar-refractivity contribution in [3.63, 3.8) is 0 Å². The molecule has 34 heavy (non-hydrogen) atoms. The largest absolute Gasteiger partial charge is 0.587 e. The Balaban J connectivity index is 1.74. The summed E-state index contributed by atoms with van der Waals surface area (Å²) >= 11 is -2.07. The first-order valence-electron chi connectivity index (χ1n) is 10.3. The van der Waals surface area contributed by atoms with Crippen LogP contribution in [0.15, 0.2) is 47.5 Å². The lowest BCUT2D eigenvalue weighted by Crippen LogP contribution is -2.44. The molecule has 2 heterocycles. The van der Waals surface area contributed by atoms with E-state index < -0.39 is 42.0 Å². The van der Waals surface area contributed by atoms with Gasteiger partial charge in [-0.05, 0) is 31.3 Å². The monoisotopic (exact) mass is 505 g/mol. The van der Waals surface area contributed by atoms with Gasteiger partial charge in [0.05, 0.1) is 11.9 Å². The van der Waals surface area contributed by atoms with Crippen LogP contribution in [0.3, 0.4) is 0 Å². The Morgan fingerprint density at radius 2 is 1.76 bits per heavy atom. The van der Waals surface area contributed by atoms with Crippen LogP contribution in [0.2, 0.25) is 0 Å². The molecule has 1 unspecified atom stereocenters. The number of benzene rings is 2. The molecule has 0 amide bonds. The normalized spacial score (nSPS) is 16.4. The maximum absolute atomic E-state index is 13.8. The van der Waals surface area contributed by atoms with Crippen molar-refractivity contribution in [3.8, 4) is 5.75 Å². The van der Waals surface area contributed by atoms with Crippen molar-refractivity contribution in [1.29, 1.82) is 0 Å². The van der Waals surface area contributed by atoms with Gasteiger partial charge in [0.2, 0.25) is 0 Å². The van der Waals surface area contributed by atoms with Crippen molar-refractivity contribution in [2.24, 2.45) is 0 Å². The molecule has 4 rings (SSSR count). The number of alkyl halides is 5. The van der Waals surface area contributed by atoms with Gasteiger partial charge in [-0.15, -0.1) is 0 Å². The summed E-state index contributed by atoms with van der Waals surface area (Å²) in [5.41, 5.74) is -0.0557. The third kappa shape index (κ3) is 5.23. The van der Waals surface area contributed by atoms with Gasteiger partial charge in [0, 0.05) is 49.3 Å². The van der Waals surface area contributed by atoms with Crippen LogP contribution in [0.4, 0.5) is 32.0 Å². The summed E-state index contributed by atoms with van der Waals surface area (Å²) in [7, 11) is 1.92. The lowest BCUT2D eigenvalue weighted by Gasteiger charge is -2.35. The molecule has 3 aromatic rings. The standard InChI is InChI=1S/C22H21F6N3O2S/c1-29-6-8-30(9-7-29)19-11-15(3-5-20(19)33-13-22(26,27)28)34(32)31-12-17(21(24)25)16-4-2-14(23)10-18(16)31/h2-5,10-12,21H,6-9,13H2,1H3. The highest BCUT2D eigenvalue weighted by Crippen LogP contribution is 2.36. The SMILES string of the molecule is CN1CCN(c2cc([S+]([O-])n3cc(C(F)F)c4ccc(F)cc43)ccc2OCC(F)(F)F)CC1. The molecule has 0 N–H and O–H groups in total. The Hall–Kier alpha value is -2.57. The van der Waals surface area contributed by atoms with Gasteiger partial charge >= 0.3 is 6.18 Å². The van der Waals surface area contributed by atoms with E-state index in [9.17, 15) is 30.9 Å². The van der Waals surface area contributed by atoms with Crippen molar-refractivity contribution >= 4 is 28.0 Å². The molecule has 1 aromatic heterocycles. The molecule has 1 aliphatic heterocycles. The van der Waals surface area contributed by atoms with E-state index in [0.29, 0.717) is 31.9 Å². The number of rotatable bonds is 6. The quantitative estimate of drug-likeness (QED) is 0.350. The van der Waals surface area contributed by atoms with Crippen molar-refractivity contribution in [2.75, 3.05) is 44.7 Å². The topological polar surface area (TPSA) is 43.7 Å². The fourth-order valence-electron chi connectivity index (χ4n) is 3.80. The van der Waals surface area contributed by atoms with Crippen LogP contribution in [0.1, 0.15) is 12.0 Å². The molecule has 0 spiro atoms. The molecule has 1 saturated heterocycles. The number of hydrogen-bond donors (Lipinski definition) is 0. The average Bonchev–Trinajstić information content (AvgIpc) is 3.16. The summed E-state index contributed by atoms with van der Waals surface area (Å²) in [6.07, 6.45) is -6.40. The zero-order valence-corrected chi connectivity index (χ0v) is 18.8. The first-order valence-corrected chi connectivity index (χ1v) is 11.4. The zero-order chi connectivity index (χ0) is 24.6. The van der Waals surface area contributed by atoms with E-state index in [2.05, 4.69) is 4.90 Å². The smallest absolute Gasteiger partial charge is 0.422 e. The minimum atomic E-state index is -4.54. The zero-order valence-electron chi connectivity index (χ0n) is 18.0. The highest BCUT2D eigenvalue weighted by Gasteiger charge is 2.31. The Labute approximate surface area is 194 Å². The second-order valence-corrected chi connectivity index (χ2v) is 9.31. The van der Waals surface area contributed by atoms with E-state index >= 15 is 0 Å². The van der Waals surface area contributed by atoms with Gasteiger partial charge in [0.1, 0.15) is 28.4 Å². The number of fused-ring (bicyclic) bond motifs is 1. The van der Waals surface area contributed by atoms with Crippen LogP contribution < -0.4 is 9.64 Å². The van der Waals surface area contributed by atoms with Gasteiger partial charge < -0.3 is 19.1 Å². The second-order valence-electron chi connectivity index (χ2n) is 7.95. The van der Waals surface area contributed by atoms with Crippen LogP contribution in [-0.4, -0.2) is 59.4 Å². The van der Waals surface area contributed by atoms with Gasteiger partial charge in [0.25, 0.3) is 6.43 Å². The van der Waals surface area contributed by atoms with Crippen molar-refractivity contribution < 1.29 is 35.6 Å². The molecular formula is C22H21F6N3O2S. The van der Waals surface area contributed by atoms with Crippen LogP contribution >= 0.6 is 0 Å². The summed E-state index contributed by atoms with van der Waals surface area (Å²) in [6.45, 7) is 0.830. The summed E-state index contributed by atoms with van der Waals surface area (Å²) in [6, 6.07) is 7.28. The molecule has 184 valence electrons. The lowest BCUT2D eigenvalue weighted by atomic mass is 10.2. The summed E-state index contributed by atoms with van der Waals surface area (Å²) in [4.78, 5) is 4.03. The van der Waals surface area contributed by atoms with Crippen molar-refractivity contribution in [1.82, 2.24) is 8.87 Å². The fraction of sp³-hybridized carbons (Fsp3) is 0.364. The predicted octanol–water partition coefficient (Wildman–Crippen LogP) is 4.98. The highest BCUT2D eigenvalue weighted by atomic mass is 32.2. The van der Waals surface area contributed by atoms with Gasteiger partial charge in [-0.1, -0.05) is 0 Å². The number of hydrogen-bond acceptors (Lipinski definition) is 4. The van der Waals surface area contributed by atoms with Gasteiger partial charge in [0.15, 0.2) is 11.5 Å². The van der Waals surface area contributed by atoms with E-state index in [1.807, 2.05) is 11.9 Å². The van der Waals surface area contributed by atoms with Crippen LogP contribution in [0.25, 0.3) is 10.9 Å². The molecule has 5 nitrogen and oxygen atoms in total. The van der Waals surface area contributed by atoms with Gasteiger partial charge in [-0.25, -0.2) is 13.2 Å². The number of piperazine rings is 1. The molecule has 0 aliphatic carbocycles. The number of aromatic nitrogens is 1. The van der Waals surface area contributed by atoms with Crippen molar-refractivity contribution in [3.05, 3.63) is 54.0 Å². The van der Waals surface area contributed by atoms with E-state index in [1.165, 1.54) is 24.3 Å². The highest BCUT2D eigenvalue weighted by molar-refractivity contribution is 7.90. The molecule has 1 fully saturated rings. The minimum Gasteiger partial charge on any atom is -0.587 e. The van der Waals surface area contributed by atoms with E-state index in [1.54, 1.807) is 0 Å². The number of anilines is 1. The van der Waals surface area contributed by atoms with Gasteiger partial charge in [-0.2, -0.15) is 17.1 Å². The lowest BCUT2D eigenvalue weighted by molar-refractivity contribution is -0.153. The summed E-state index contributed by atoms with van der Waals surface area (Å²) in [5, 5.41) is 0.0640. The second kappa shape index (κ2) is 9.59. The summed E-state index contributed by atoms with van der Waals surface area (Å²) in [5.74, 6) is -0.710. The summed E-state index contributed by atoms with van der Waals surface area (Å²) < 4.78 is 98.6. The molecule has 2 aromatic carbocycles. The Morgan fingerprint density at radius 1 is 1.06 bits per heavy atom. The molecule has 12 heteroatoms. The maximum Gasteiger partial charge on any atom is 0.422 e. The molecular weight excluding hydrogens is 484 g/mol. The third-order valence-corrected chi connectivity index (χ3v) is 6.86. The maximum atomic E-state index is 13.8.